The van der Waals surface area contributed by atoms with Crippen molar-refractivity contribution in [2.24, 2.45) is 0 Å². The number of phenolic OH excluding ortho intramolecular Hbond substituents is 1. The highest BCUT2D eigenvalue weighted by molar-refractivity contribution is 7.09. The molecule has 1 unspecified atom stereocenters. The van der Waals surface area contributed by atoms with Gasteiger partial charge >= 0.3 is 5.97 Å². The molecule has 1 atom stereocenters. The molecule has 0 radical (unpaired) electrons. The first kappa shape index (κ1) is 12.6. The van der Waals surface area contributed by atoms with E-state index in [0.717, 1.165) is 4.88 Å². The van der Waals surface area contributed by atoms with E-state index in [1.54, 1.807) is 30.4 Å². The second-order valence-corrected chi connectivity index (χ2v) is 5.47. The second kappa shape index (κ2) is 4.82. The lowest BCUT2D eigenvalue weighted by atomic mass is 9.79. The van der Waals surface area contributed by atoms with E-state index in [2.05, 4.69) is 0 Å². The number of rotatable bonds is 4. The molecule has 0 aliphatic rings. The molecule has 1 heterocycles. The summed E-state index contributed by atoms with van der Waals surface area (Å²) >= 11 is 1.55. The zero-order chi connectivity index (χ0) is 13.2. The highest BCUT2D eigenvalue weighted by Gasteiger charge is 2.35. The molecule has 0 saturated carbocycles. The second-order valence-electron chi connectivity index (χ2n) is 4.44. The molecule has 1 aromatic heterocycles. The Morgan fingerprint density at radius 2 is 1.94 bits per heavy atom. The Morgan fingerprint density at radius 1 is 1.28 bits per heavy atom. The van der Waals surface area contributed by atoms with Gasteiger partial charge in [-0.15, -0.1) is 11.3 Å². The number of aliphatic carboxylic acids is 1. The van der Waals surface area contributed by atoms with Crippen molar-refractivity contribution in [2.45, 2.75) is 18.8 Å². The molecule has 0 spiro atoms. The summed E-state index contributed by atoms with van der Waals surface area (Å²) in [4.78, 5) is 12.6. The minimum atomic E-state index is -0.974. The molecule has 0 aliphatic heterocycles. The molecule has 18 heavy (non-hydrogen) atoms. The van der Waals surface area contributed by atoms with Gasteiger partial charge < -0.3 is 10.2 Å². The van der Waals surface area contributed by atoms with Crippen LogP contribution in [0.25, 0.3) is 0 Å². The predicted molar refractivity (Wildman–Crippen MR) is 71.1 cm³/mol. The lowest BCUT2D eigenvalue weighted by molar-refractivity contribution is -0.143. The van der Waals surface area contributed by atoms with Gasteiger partial charge in [0.05, 0.1) is 5.41 Å². The zero-order valence-corrected chi connectivity index (χ0v) is 10.8. The Bertz CT molecular complexity index is 531. The van der Waals surface area contributed by atoms with Gasteiger partial charge in [0.15, 0.2) is 0 Å². The van der Waals surface area contributed by atoms with Crippen molar-refractivity contribution in [1.82, 2.24) is 0 Å². The highest BCUT2D eigenvalue weighted by atomic mass is 32.1. The molecule has 2 rings (SSSR count). The van der Waals surface area contributed by atoms with Crippen LogP contribution in [0.4, 0.5) is 0 Å². The van der Waals surface area contributed by atoms with Crippen molar-refractivity contribution >= 4 is 17.3 Å². The smallest absolute Gasteiger partial charge is 0.314 e. The Balaban J connectivity index is 2.37. The molecular weight excluding hydrogens is 248 g/mol. The molecule has 0 saturated heterocycles. The van der Waals surface area contributed by atoms with Gasteiger partial charge in [-0.05, 0) is 36.1 Å². The molecule has 94 valence electrons. The van der Waals surface area contributed by atoms with Gasteiger partial charge in [0.2, 0.25) is 0 Å². The Kier molecular flexibility index (Phi) is 3.39. The third-order valence-corrected chi connectivity index (χ3v) is 3.96. The van der Waals surface area contributed by atoms with Crippen LogP contribution < -0.4 is 0 Å². The summed E-state index contributed by atoms with van der Waals surface area (Å²) in [5, 5.41) is 20.7. The van der Waals surface area contributed by atoms with Crippen molar-refractivity contribution in [3.8, 4) is 5.75 Å². The summed E-state index contributed by atoms with van der Waals surface area (Å²) in [5.41, 5.74) is -0.278. The summed E-state index contributed by atoms with van der Waals surface area (Å²) in [5.74, 6) is -0.718. The number of phenols is 1. The van der Waals surface area contributed by atoms with E-state index in [9.17, 15) is 15.0 Å². The van der Waals surface area contributed by atoms with E-state index in [1.807, 2.05) is 17.5 Å². The number of carbonyl (C=O) groups is 1. The number of carboxylic acid groups (broad SMARTS) is 1. The average molecular weight is 262 g/mol. The molecule has 0 bridgehead atoms. The molecular formula is C14H14O3S. The van der Waals surface area contributed by atoms with Gasteiger partial charge in [-0.3, -0.25) is 4.79 Å². The average Bonchev–Trinajstić information content (AvgIpc) is 2.82. The number of thiophene rings is 1. The molecule has 2 N–H and O–H groups in total. The van der Waals surface area contributed by atoms with Crippen LogP contribution >= 0.6 is 11.3 Å². The zero-order valence-electron chi connectivity index (χ0n) is 9.96. The van der Waals surface area contributed by atoms with E-state index in [4.69, 9.17) is 0 Å². The fourth-order valence-corrected chi connectivity index (χ4v) is 2.75. The van der Waals surface area contributed by atoms with Crippen LogP contribution in [0.5, 0.6) is 5.75 Å². The van der Waals surface area contributed by atoms with Crippen LogP contribution in [0.15, 0.2) is 41.8 Å². The maximum absolute atomic E-state index is 11.6. The molecule has 2 aromatic rings. The van der Waals surface area contributed by atoms with E-state index < -0.39 is 11.4 Å². The Morgan fingerprint density at radius 3 is 2.44 bits per heavy atom. The predicted octanol–water partition coefficient (Wildman–Crippen LogP) is 3.04. The SMILES string of the molecule is CC(Cc1cccs1)(C(=O)O)c1ccc(O)cc1. The summed E-state index contributed by atoms with van der Waals surface area (Å²) in [7, 11) is 0. The molecule has 0 fully saturated rings. The summed E-state index contributed by atoms with van der Waals surface area (Å²) in [6.45, 7) is 1.71. The van der Waals surface area contributed by atoms with E-state index in [-0.39, 0.29) is 5.75 Å². The van der Waals surface area contributed by atoms with Gasteiger partial charge in [0.1, 0.15) is 5.75 Å². The van der Waals surface area contributed by atoms with E-state index >= 15 is 0 Å². The van der Waals surface area contributed by atoms with Crippen LogP contribution in [-0.2, 0) is 16.6 Å². The summed E-state index contributed by atoms with van der Waals surface area (Å²) in [6, 6.07) is 10.2. The highest BCUT2D eigenvalue weighted by Crippen LogP contribution is 2.31. The first-order valence-corrected chi connectivity index (χ1v) is 6.45. The van der Waals surface area contributed by atoms with Crippen LogP contribution in [0, 0.1) is 0 Å². The monoisotopic (exact) mass is 262 g/mol. The van der Waals surface area contributed by atoms with Crippen molar-refractivity contribution in [2.75, 3.05) is 0 Å². The standard InChI is InChI=1S/C14H14O3S/c1-14(13(16)17,9-12-3-2-8-18-12)10-4-6-11(15)7-5-10/h2-8,15H,9H2,1H3,(H,16,17). The maximum atomic E-state index is 11.6. The third kappa shape index (κ3) is 2.38. The molecule has 3 nitrogen and oxygen atoms in total. The van der Waals surface area contributed by atoms with Crippen molar-refractivity contribution < 1.29 is 15.0 Å². The summed E-state index contributed by atoms with van der Waals surface area (Å²) in [6.07, 6.45) is 0.449. The maximum Gasteiger partial charge on any atom is 0.314 e. The Labute approximate surface area is 109 Å². The van der Waals surface area contributed by atoms with E-state index in [1.165, 1.54) is 12.1 Å². The number of hydrogen-bond donors (Lipinski definition) is 2. The lowest BCUT2D eigenvalue weighted by Crippen LogP contribution is -2.34. The van der Waals surface area contributed by atoms with Gasteiger partial charge in [0.25, 0.3) is 0 Å². The number of carboxylic acids is 1. The van der Waals surface area contributed by atoms with Gasteiger partial charge in [0, 0.05) is 11.3 Å². The molecule has 1 aromatic carbocycles. The van der Waals surface area contributed by atoms with Crippen molar-refractivity contribution in [3.05, 3.63) is 52.2 Å². The number of aromatic hydroxyl groups is 1. The third-order valence-electron chi connectivity index (χ3n) is 3.08. The quantitative estimate of drug-likeness (QED) is 0.890. The van der Waals surface area contributed by atoms with Crippen LogP contribution in [0.1, 0.15) is 17.4 Å². The van der Waals surface area contributed by atoms with E-state index in [0.29, 0.717) is 12.0 Å². The normalized spacial score (nSPS) is 14.1. The number of hydrogen-bond acceptors (Lipinski definition) is 3. The van der Waals surface area contributed by atoms with Crippen LogP contribution in [0.3, 0.4) is 0 Å². The fourth-order valence-electron chi connectivity index (χ4n) is 1.89. The van der Waals surface area contributed by atoms with Crippen molar-refractivity contribution in [1.29, 1.82) is 0 Å². The largest absolute Gasteiger partial charge is 0.508 e. The fraction of sp³-hybridized carbons (Fsp3) is 0.214. The van der Waals surface area contributed by atoms with Crippen LogP contribution in [0.2, 0.25) is 0 Å². The minimum absolute atomic E-state index is 0.141. The topological polar surface area (TPSA) is 57.5 Å². The first-order chi connectivity index (χ1) is 8.52. The van der Waals surface area contributed by atoms with Gasteiger partial charge in [-0.2, -0.15) is 0 Å². The van der Waals surface area contributed by atoms with Gasteiger partial charge in [-0.25, -0.2) is 0 Å². The van der Waals surface area contributed by atoms with Gasteiger partial charge in [-0.1, -0.05) is 18.2 Å². The number of benzene rings is 1. The lowest BCUT2D eigenvalue weighted by Gasteiger charge is -2.24. The van der Waals surface area contributed by atoms with Crippen LogP contribution in [-0.4, -0.2) is 16.2 Å². The first-order valence-electron chi connectivity index (χ1n) is 5.57. The molecule has 0 aliphatic carbocycles. The summed E-state index contributed by atoms with van der Waals surface area (Å²) < 4.78 is 0. The molecule has 0 amide bonds. The molecule has 4 heteroatoms. The van der Waals surface area contributed by atoms with Crippen molar-refractivity contribution in [3.63, 3.8) is 0 Å². The minimum Gasteiger partial charge on any atom is -0.508 e. The Hall–Kier alpha value is -1.81.